The second-order valence-corrected chi connectivity index (χ2v) is 6.73. The number of esters is 2. The molecule has 0 aromatic carbocycles. The number of hydrogen-bond acceptors (Lipinski definition) is 6. The highest BCUT2D eigenvalue weighted by atomic mass is 32.2. The summed E-state index contributed by atoms with van der Waals surface area (Å²) >= 11 is 0. The largest absolute Gasteiger partial charge is 0.469 e. The second-order valence-electron chi connectivity index (χ2n) is 4.29. The minimum absolute atomic E-state index is 0.283. The van der Waals surface area contributed by atoms with Gasteiger partial charge < -0.3 is 9.47 Å². The Morgan fingerprint density at radius 2 is 1.26 bits per heavy atom. The normalized spacial score (nSPS) is 11.1. The third-order valence-corrected chi connectivity index (χ3v) is 4.56. The summed E-state index contributed by atoms with van der Waals surface area (Å²) in [5.74, 6) is 0.0221. The van der Waals surface area contributed by atoms with Crippen LogP contribution in [0.15, 0.2) is 0 Å². The van der Waals surface area contributed by atoms with Crippen LogP contribution in [0.1, 0.15) is 38.5 Å². The average molecular weight is 293 g/mol. The van der Waals surface area contributed by atoms with Crippen molar-refractivity contribution in [2.45, 2.75) is 38.5 Å². The molecule has 0 aliphatic carbocycles. The molecular formula is C12H23NO5S. The number of unbranched alkanes of at least 4 members (excludes halogenated alkanes) is 2. The van der Waals surface area contributed by atoms with Crippen LogP contribution in [0, 0.1) is 4.78 Å². The van der Waals surface area contributed by atoms with Gasteiger partial charge >= 0.3 is 11.9 Å². The minimum atomic E-state index is -2.60. The smallest absolute Gasteiger partial charge is 0.305 e. The van der Waals surface area contributed by atoms with Crippen molar-refractivity contribution in [1.82, 2.24) is 0 Å². The Morgan fingerprint density at radius 3 is 1.58 bits per heavy atom. The molecule has 0 rings (SSSR count). The van der Waals surface area contributed by atoms with Crippen molar-refractivity contribution >= 4 is 21.7 Å². The van der Waals surface area contributed by atoms with Crippen molar-refractivity contribution in [3.05, 3.63) is 0 Å². The summed E-state index contributed by atoms with van der Waals surface area (Å²) in [6.07, 6.45) is 2.93. The molecule has 0 fully saturated rings. The molecule has 0 unspecified atom stereocenters. The molecule has 0 saturated heterocycles. The first kappa shape index (κ1) is 17.9. The molecule has 0 heterocycles. The lowest BCUT2D eigenvalue weighted by Gasteiger charge is -2.07. The van der Waals surface area contributed by atoms with Crippen molar-refractivity contribution in [2.24, 2.45) is 0 Å². The topological polar surface area (TPSA) is 93.5 Å². The van der Waals surface area contributed by atoms with Crippen LogP contribution in [0.4, 0.5) is 0 Å². The molecule has 0 aliphatic rings. The van der Waals surface area contributed by atoms with E-state index in [0.29, 0.717) is 50.0 Å². The Bertz CT molecular complexity index is 348. The zero-order chi connectivity index (χ0) is 14.7. The molecule has 0 saturated carbocycles. The molecular weight excluding hydrogens is 270 g/mol. The summed E-state index contributed by atoms with van der Waals surface area (Å²) in [5, 5.41) is 0. The van der Waals surface area contributed by atoms with E-state index in [9.17, 15) is 13.8 Å². The number of rotatable bonds is 10. The van der Waals surface area contributed by atoms with Gasteiger partial charge in [-0.2, -0.15) is 0 Å². The summed E-state index contributed by atoms with van der Waals surface area (Å²) in [4.78, 5) is 21.7. The van der Waals surface area contributed by atoms with Crippen LogP contribution in [-0.4, -0.2) is 41.9 Å². The predicted molar refractivity (Wildman–Crippen MR) is 72.3 cm³/mol. The fourth-order valence-corrected chi connectivity index (χ4v) is 3.06. The Hall–Kier alpha value is -1.11. The van der Waals surface area contributed by atoms with Gasteiger partial charge in [-0.3, -0.25) is 14.4 Å². The highest BCUT2D eigenvalue weighted by molar-refractivity contribution is 7.92. The summed E-state index contributed by atoms with van der Waals surface area (Å²) in [6.45, 7) is 0. The Balaban J connectivity index is 3.69. The van der Waals surface area contributed by atoms with Gasteiger partial charge in [0.1, 0.15) is 0 Å². The van der Waals surface area contributed by atoms with E-state index >= 15 is 0 Å². The van der Waals surface area contributed by atoms with E-state index in [-0.39, 0.29) is 11.9 Å². The van der Waals surface area contributed by atoms with E-state index in [4.69, 9.17) is 4.78 Å². The van der Waals surface area contributed by atoms with Crippen molar-refractivity contribution in [3.63, 3.8) is 0 Å². The van der Waals surface area contributed by atoms with Gasteiger partial charge in [0.2, 0.25) is 0 Å². The molecule has 19 heavy (non-hydrogen) atoms. The molecule has 0 aromatic heterocycles. The zero-order valence-corrected chi connectivity index (χ0v) is 12.4. The van der Waals surface area contributed by atoms with Crippen molar-refractivity contribution in [2.75, 3.05) is 25.7 Å². The number of carbonyl (C=O) groups excluding carboxylic acids is 2. The van der Waals surface area contributed by atoms with Gasteiger partial charge in [0.15, 0.2) is 0 Å². The Labute approximate surface area is 114 Å². The first-order valence-corrected chi connectivity index (χ1v) is 8.18. The molecule has 112 valence electrons. The van der Waals surface area contributed by atoms with Crippen LogP contribution in [-0.2, 0) is 28.8 Å². The maximum Gasteiger partial charge on any atom is 0.305 e. The van der Waals surface area contributed by atoms with Gasteiger partial charge in [0.05, 0.1) is 14.2 Å². The highest BCUT2D eigenvalue weighted by Gasteiger charge is 2.08. The van der Waals surface area contributed by atoms with Gasteiger partial charge in [0.25, 0.3) is 0 Å². The fourth-order valence-electron chi connectivity index (χ4n) is 1.52. The second kappa shape index (κ2) is 9.77. The maximum atomic E-state index is 11.8. The van der Waals surface area contributed by atoms with Gasteiger partial charge in [0, 0.05) is 34.1 Å². The molecule has 0 atom stereocenters. The van der Waals surface area contributed by atoms with E-state index in [2.05, 4.69) is 9.47 Å². The van der Waals surface area contributed by atoms with E-state index in [0.717, 1.165) is 0 Å². The average Bonchev–Trinajstić information content (AvgIpc) is 2.39. The summed E-state index contributed by atoms with van der Waals surface area (Å²) in [5.41, 5.74) is 0. The van der Waals surface area contributed by atoms with Crippen LogP contribution in [0.2, 0.25) is 0 Å². The highest BCUT2D eigenvalue weighted by Crippen LogP contribution is 2.06. The molecule has 7 heteroatoms. The number of hydrogen-bond donors (Lipinski definition) is 1. The Morgan fingerprint density at radius 1 is 0.895 bits per heavy atom. The van der Waals surface area contributed by atoms with Gasteiger partial charge in [-0.05, 0) is 25.7 Å². The standard InChI is InChI=1S/C12H23NO5S/c1-17-11(14)7-3-5-9-19(13,16)10-6-4-8-12(15)18-2/h13H,3-10H2,1-2H3. The SMILES string of the molecule is COC(=O)CCCCS(=N)(=O)CCCCC(=O)OC. The first-order chi connectivity index (χ1) is 8.91. The summed E-state index contributed by atoms with van der Waals surface area (Å²) < 4.78 is 28.5. The quantitative estimate of drug-likeness (QED) is 0.489. The van der Waals surface area contributed by atoms with Crippen LogP contribution in [0.5, 0.6) is 0 Å². The lowest BCUT2D eigenvalue weighted by Crippen LogP contribution is -2.11. The van der Waals surface area contributed by atoms with E-state index in [1.165, 1.54) is 14.2 Å². The molecule has 0 amide bonds. The number of nitrogens with one attached hydrogen (secondary N) is 1. The molecule has 0 radical (unpaired) electrons. The third-order valence-electron chi connectivity index (χ3n) is 2.67. The minimum Gasteiger partial charge on any atom is -0.469 e. The van der Waals surface area contributed by atoms with E-state index in [1.54, 1.807) is 0 Å². The molecule has 0 aromatic rings. The predicted octanol–water partition coefficient (Wildman–Crippen LogP) is 1.72. The summed E-state index contributed by atoms with van der Waals surface area (Å²) in [6, 6.07) is 0. The van der Waals surface area contributed by atoms with Crippen molar-refractivity contribution in [3.8, 4) is 0 Å². The molecule has 0 spiro atoms. The van der Waals surface area contributed by atoms with Crippen molar-refractivity contribution in [1.29, 1.82) is 4.78 Å². The van der Waals surface area contributed by atoms with E-state index in [1.807, 2.05) is 0 Å². The lowest BCUT2D eigenvalue weighted by atomic mass is 10.2. The molecule has 0 bridgehead atoms. The number of methoxy groups -OCH3 is 2. The lowest BCUT2D eigenvalue weighted by molar-refractivity contribution is -0.141. The van der Waals surface area contributed by atoms with Crippen molar-refractivity contribution < 1.29 is 23.3 Å². The van der Waals surface area contributed by atoms with E-state index < -0.39 is 9.73 Å². The van der Waals surface area contributed by atoms with Crippen LogP contribution < -0.4 is 0 Å². The maximum absolute atomic E-state index is 11.8. The van der Waals surface area contributed by atoms with Crippen LogP contribution >= 0.6 is 0 Å². The number of ether oxygens (including phenoxy) is 2. The fraction of sp³-hybridized carbons (Fsp3) is 0.833. The molecule has 6 nitrogen and oxygen atoms in total. The van der Waals surface area contributed by atoms with Gasteiger partial charge in [-0.1, -0.05) is 0 Å². The van der Waals surface area contributed by atoms with Gasteiger partial charge in [-0.15, -0.1) is 0 Å². The molecule has 0 aliphatic heterocycles. The Kier molecular flexibility index (Phi) is 9.20. The van der Waals surface area contributed by atoms with Crippen LogP contribution in [0.3, 0.4) is 0 Å². The van der Waals surface area contributed by atoms with Gasteiger partial charge in [-0.25, -0.2) is 4.21 Å². The monoisotopic (exact) mass is 293 g/mol. The summed E-state index contributed by atoms with van der Waals surface area (Å²) in [7, 11) is 0.0661. The number of carbonyl (C=O) groups is 2. The zero-order valence-electron chi connectivity index (χ0n) is 11.6. The third kappa shape index (κ3) is 10.5. The first-order valence-electron chi connectivity index (χ1n) is 6.29. The van der Waals surface area contributed by atoms with Crippen LogP contribution in [0.25, 0.3) is 0 Å². The molecule has 1 N–H and O–H groups in total.